The second-order valence-electron chi connectivity index (χ2n) is 8.03. The zero-order valence-electron chi connectivity index (χ0n) is 17.2. The first-order chi connectivity index (χ1) is 15.0. The van der Waals surface area contributed by atoms with Gasteiger partial charge in [-0.2, -0.15) is 0 Å². The Kier molecular flexibility index (Phi) is 4.52. The molecule has 6 nitrogen and oxygen atoms in total. The molecule has 1 N–H and O–H groups in total. The van der Waals surface area contributed by atoms with Crippen molar-refractivity contribution in [3.05, 3.63) is 89.5 Å². The number of amides is 2. The number of hydrogen-bond donors (Lipinski definition) is 1. The summed E-state index contributed by atoms with van der Waals surface area (Å²) in [4.78, 5) is 34.2. The summed E-state index contributed by atoms with van der Waals surface area (Å²) in [5, 5.41) is 11.4. The van der Waals surface area contributed by atoms with Gasteiger partial charge in [0.25, 0.3) is 5.91 Å². The summed E-state index contributed by atoms with van der Waals surface area (Å²) < 4.78 is 0. The molecule has 2 amide bonds. The van der Waals surface area contributed by atoms with Gasteiger partial charge in [0.05, 0.1) is 17.4 Å². The lowest BCUT2D eigenvalue weighted by molar-refractivity contribution is -0.126. The number of imide groups is 1. The number of phenolic OH excluding ortho intramolecular Hbond substituents is 1. The molecule has 3 aromatic carbocycles. The number of hydrogen-bond acceptors (Lipinski definition) is 5. The van der Waals surface area contributed by atoms with Crippen LogP contribution in [0.3, 0.4) is 0 Å². The van der Waals surface area contributed by atoms with E-state index in [1.807, 2.05) is 56.3 Å². The van der Waals surface area contributed by atoms with Crippen LogP contribution in [0.2, 0.25) is 0 Å². The molecule has 0 aromatic heterocycles. The molecule has 3 aromatic rings. The van der Waals surface area contributed by atoms with E-state index in [1.54, 1.807) is 35.4 Å². The number of fused-ring (bicyclic) bond motifs is 1. The average molecular weight is 414 g/mol. The summed E-state index contributed by atoms with van der Waals surface area (Å²) in [6, 6.07) is 21.2. The quantitative estimate of drug-likeness (QED) is 0.655. The zero-order chi connectivity index (χ0) is 21.7. The van der Waals surface area contributed by atoms with E-state index in [2.05, 4.69) is 0 Å². The maximum absolute atomic E-state index is 13.6. The highest BCUT2D eigenvalue weighted by Gasteiger charge is 2.60. The van der Waals surface area contributed by atoms with Gasteiger partial charge in [-0.25, -0.2) is 9.96 Å². The molecule has 2 saturated heterocycles. The minimum absolute atomic E-state index is 0.135. The molecule has 3 atom stereocenters. The monoisotopic (exact) mass is 414 g/mol. The van der Waals surface area contributed by atoms with E-state index < -0.39 is 18.1 Å². The van der Waals surface area contributed by atoms with Crippen LogP contribution in [0.1, 0.15) is 22.7 Å². The van der Waals surface area contributed by atoms with Crippen molar-refractivity contribution >= 4 is 23.2 Å². The van der Waals surface area contributed by atoms with Gasteiger partial charge in [0, 0.05) is 0 Å². The summed E-state index contributed by atoms with van der Waals surface area (Å²) >= 11 is 0. The van der Waals surface area contributed by atoms with Crippen molar-refractivity contribution in [1.82, 2.24) is 0 Å². The Morgan fingerprint density at radius 3 is 2.19 bits per heavy atom. The third kappa shape index (κ3) is 3.07. The van der Waals surface area contributed by atoms with Crippen LogP contribution in [0, 0.1) is 19.8 Å². The number of aromatic hydroxyl groups is 1. The van der Waals surface area contributed by atoms with Crippen LogP contribution in [-0.2, 0) is 14.4 Å². The fourth-order valence-corrected chi connectivity index (χ4v) is 4.34. The van der Waals surface area contributed by atoms with Crippen molar-refractivity contribution in [3.63, 3.8) is 0 Å². The average Bonchev–Trinajstić information content (AvgIpc) is 3.28. The third-order valence-electron chi connectivity index (χ3n) is 6.11. The molecular weight excluding hydrogens is 392 g/mol. The molecule has 2 fully saturated rings. The lowest BCUT2D eigenvalue weighted by atomic mass is 9.90. The van der Waals surface area contributed by atoms with E-state index in [1.165, 1.54) is 4.90 Å². The van der Waals surface area contributed by atoms with Gasteiger partial charge < -0.3 is 5.11 Å². The van der Waals surface area contributed by atoms with E-state index in [0.717, 1.165) is 22.4 Å². The second-order valence-corrected chi connectivity index (χ2v) is 8.03. The van der Waals surface area contributed by atoms with E-state index in [0.29, 0.717) is 5.69 Å². The van der Waals surface area contributed by atoms with Gasteiger partial charge in [-0.1, -0.05) is 36.4 Å². The molecule has 5 rings (SSSR count). The molecule has 156 valence electrons. The number of anilines is 2. The number of phenols is 1. The molecule has 0 spiro atoms. The normalized spacial score (nSPS) is 22.8. The lowest BCUT2D eigenvalue weighted by Crippen LogP contribution is -2.37. The molecule has 0 bridgehead atoms. The van der Waals surface area contributed by atoms with E-state index in [9.17, 15) is 14.7 Å². The van der Waals surface area contributed by atoms with Crippen LogP contribution in [-0.4, -0.2) is 23.0 Å². The first kappa shape index (κ1) is 19.3. The fraction of sp³-hybridized carbons (Fsp3) is 0.200. The second kappa shape index (κ2) is 7.25. The predicted molar refractivity (Wildman–Crippen MR) is 117 cm³/mol. The molecule has 0 radical (unpaired) electrons. The highest BCUT2D eigenvalue weighted by atomic mass is 16.7. The van der Waals surface area contributed by atoms with Crippen molar-refractivity contribution in [2.45, 2.75) is 26.0 Å². The first-order valence-corrected chi connectivity index (χ1v) is 10.2. The largest absolute Gasteiger partial charge is 0.508 e. The number of hydroxylamine groups is 1. The Balaban J connectivity index is 1.58. The van der Waals surface area contributed by atoms with Crippen molar-refractivity contribution in [1.29, 1.82) is 0 Å². The van der Waals surface area contributed by atoms with E-state index >= 15 is 0 Å². The molecule has 6 heteroatoms. The van der Waals surface area contributed by atoms with Gasteiger partial charge in [-0.15, -0.1) is 0 Å². The minimum atomic E-state index is -0.909. The highest BCUT2D eigenvalue weighted by Crippen LogP contribution is 2.47. The number of carbonyl (C=O) groups excluding carboxylic acids is 2. The molecule has 0 saturated carbocycles. The van der Waals surface area contributed by atoms with E-state index in [-0.39, 0.29) is 17.6 Å². The standard InChI is InChI=1S/C25H22N2O4/c1-15-8-11-19(14-16(15)2)26-24(29)21-22(17-9-12-20(28)13-10-17)27(31-23(21)25(26)30)18-6-4-3-5-7-18/h3-14,21-23,28H,1-2H3/t21-,22+,23-/m1/s1. The molecule has 31 heavy (non-hydrogen) atoms. The van der Waals surface area contributed by atoms with Crippen LogP contribution < -0.4 is 9.96 Å². The van der Waals surface area contributed by atoms with Crippen LogP contribution in [0.15, 0.2) is 72.8 Å². The summed E-state index contributed by atoms with van der Waals surface area (Å²) in [7, 11) is 0. The number of para-hydroxylation sites is 1. The van der Waals surface area contributed by atoms with Gasteiger partial charge in [0.15, 0.2) is 6.10 Å². The van der Waals surface area contributed by atoms with Gasteiger partial charge in [0.1, 0.15) is 11.7 Å². The Hall–Kier alpha value is -3.64. The smallest absolute Gasteiger partial charge is 0.266 e. The van der Waals surface area contributed by atoms with Crippen LogP contribution >= 0.6 is 0 Å². The lowest BCUT2D eigenvalue weighted by Gasteiger charge is -2.28. The van der Waals surface area contributed by atoms with Crippen molar-refractivity contribution in [2.24, 2.45) is 5.92 Å². The zero-order valence-corrected chi connectivity index (χ0v) is 17.2. The molecule has 2 aliphatic heterocycles. The topological polar surface area (TPSA) is 70.1 Å². The summed E-state index contributed by atoms with van der Waals surface area (Å²) in [6.45, 7) is 3.95. The summed E-state index contributed by atoms with van der Waals surface area (Å²) in [5.41, 5.74) is 4.21. The Morgan fingerprint density at radius 2 is 1.52 bits per heavy atom. The number of rotatable bonds is 3. The number of carbonyl (C=O) groups is 2. The Morgan fingerprint density at radius 1 is 0.806 bits per heavy atom. The van der Waals surface area contributed by atoms with Gasteiger partial charge in [-0.3, -0.25) is 14.4 Å². The number of benzene rings is 3. The van der Waals surface area contributed by atoms with Gasteiger partial charge in [0.2, 0.25) is 5.91 Å². The van der Waals surface area contributed by atoms with Crippen molar-refractivity contribution < 1.29 is 19.5 Å². The van der Waals surface area contributed by atoms with Crippen molar-refractivity contribution in [3.8, 4) is 5.75 Å². The Labute approximate surface area is 180 Å². The number of nitrogens with zero attached hydrogens (tertiary/aromatic N) is 2. The molecule has 0 aliphatic carbocycles. The third-order valence-corrected chi connectivity index (χ3v) is 6.11. The van der Waals surface area contributed by atoms with Crippen LogP contribution in [0.25, 0.3) is 0 Å². The van der Waals surface area contributed by atoms with Crippen LogP contribution in [0.5, 0.6) is 5.75 Å². The maximum Gasteiger partial charge on any atom is 0.266 e. The van der Waals surface area contributed by atoms with Gasteiger partial charge in [-0.05, 0) is 66.9 Å². The van der Waals surface area contributed by atoms with E-state index in [4.69, 9.17) is 4.84 Å². The predicted octanol–water partition coefficient (Wildman–Crippen LogP) is 4.06. The number of aryl methyl sites for hydroxylation is 2. The van der Waals surface area contributed by atoms with Crippen LogP contribution in [0.4, 0.5) is 11.4 Å². The SMILES string of the molecule is Cc1ccc(N2C(=O)[C@H]3[C@@H](ON(c4ccccc4)[C@H]3c3ccc(O)cc3)C2=O)cc1C. The Bertz CT molecular complexity index is 1160. The molecule has 2 aliphatic rings. The maximum atomic E-state index is 13.6. The minimum Gasteiger partial charge on any atom is -0.508 e. The molecule has 2 heterocycles. The first-order valence-electron chi connectivity index (χ1n) is 10.2. The molecular formula is C25H22N2O4. The highest BCUT2D eigenvalue weighted by molar-refractivity contribution is 6.24. The van der Waals surface area contributed by atoms with Gasteiger partial charge >= 0.3 is 0 Å². The fourth-order valence-electron chi connectivity index (χ4n) is 4.34. The summed E-state index contributed by atoms with van der Waals surface area (Å²) in [5.74, 6) is -1.20. The van der Waals surface area contributed by atoms with Crippen molar-refractivity contribution in [2.75, 3.05) is 9.96 Å². The molecule has 0 unspecified atom stereocenters. The summed E-state index contributed by atoms with van der Waals surface area (Å²) in [6.07, 6.45) is -0.909.